The summed E-state index contributed by atoms with van der Waals surface area (Å²) in [6, 6.07) is 6.00. The van der Waals surface area contributed by atoms with Gasteiger partial charge in [0.1, 0.15) is 0 Å². The molecule has 3 fully saturated rings. The molecule has 1 aromatic rings. The van der Waals surface area contributed by atoms with E-state index in [9.17, 15) is 18.0 Å². The summed E-state index contributed by atoms with van der Waals surface area (Å²) < 4.78 is 38.0. The van der Waals surface area contributed by atoms with Crippen molar-refractivity contribution in [2.45, 2.75) is 50.2 Å². The van der Waals surface area contributed by atoms with Crippen LogP contribution in [0.5, 0.6) is 0 Å². The molecule has 2 atom stereocenters. The summed E-state index contributed by atoms with van der Waals surface area (Å²) >= 11 is 0. The van der Waals surface area contributed by atoms with E-state index in [1.54, 1.807) is 0 Å². The van der Waals surface area contributed by atoms with E-state index in [4.69, 9.17) is 0 Å². The number of carbonyl (C=O) groups is 1. The van der Waals surface area contributed by atoms with Gasteiger partial charge in [0, 0.05) is 38.1 Å². The highest BCUT2D eigenvalue weighted by atomic mass is 19.4. The Hall–Kier alpha value is -1.56. The summed E-state index contributed by atoms with van der Waals surface area (Å²) in [5.74, 6) is 0.211. The quantitative estimate of drug-likeness (QED) is 0.810. The van der Waals surface area contributed by atoms with Crippen molar-refractivity contribution in [1.82, 2.24) is 9.80 Å². The maximum atomic E-state index is 12.7. The van der Waals surface area contributed by atoms with E-state index in [0.717, 1.165) is 50.3 Å². The molecule has 26 heavy (non-hydrogen) atoms. The highest BCUT2D eigenvalue weighted by Gasteiger charge is 2.46. The fourth-order valence-electron chi connectivity index (χ4n) is 4.57. The lowest BCUT2D eigenvalue weighted by atomic mass is 10.1. The predicted octanol–water partition coefficient (Wildman–Crippen LogP) is 3.90. The molecule has 3 aliphatic rings. The van der Waals surface area contributed by atoms with Crippen molar-refractivity contribution in [1.29, 1.82) is 0 Å². The fraction of sp³-hybridized carbons (Fsp3) is 0.650. The molecule has 2 saturated carbocycles. The molecule has 6 heteroatoms. The topological polar surface area (TPSA) is 23.6 Å². The zero-order valence-corrected chi connectivity index (χ0v) is 14.8. The molecule has 0 bridgehead atoms. The van der Waals surface area contributed by atoms with Crippen molar-refractivity contribution >= 4 is 5.91 Å². The molecule has 0 spiro atoms. The van der Waals surface area contributed by atoms with Crippen LogP contribution in [-0.4, -0.2) is 47.9 Å². The maximum Gasteiger partial charge on any atom is 0.416 e. The standard InChI is InChI=1S/C20H25F3N2O/c21-20(22,23)15-7-5-14(6-8-15)17-13-18(17)19(26)25-11-9-24(10-12-25)16-3-1-2-4-16/h5-8,16-18H,1-4,9-13H2. The van der Waals surface area contributed by atoms with Gasteiger partial charge >= 0.3 is 6.18 Å². The van der Waals surface area contributed by atoms with Crippen LogP contribution in [0.25, 0.3) is 0 Å². The smallest absolute Gasteiger partial charge is 0.340 e. The first-order valence-electron chi connectivity index (χ1n) is 9.63. The fourth-order valence-corrected chi connectivity index (χ4v) is 4.57. The largest absolute Gasteiger partial charge is 0.416 e. The Balaban J connectivity index is 1.30. The molecule has 1 amide bonds. The van der Waals surface area contributed by atoms with Gasteiger partial charge in [-0.2, -0.15) is 13.2 Å². The van der Waals surface area contributed by atoms with E-state index in [1.807, 2.05) is 4.90 Å². The van der Waals surface area contributed by atoms with E-state index in [1.165, 1.54) is 37.8 Å². The Kier molecular flexibility index (Phi) is 4.71. The first-order chi connectivity index (χ1) is 12.4. The number of amides is 1. The van der Waals surface area contributed by atoms with Gasteiger partial charge in [0.2, 0.25) is 5.91 Å². The lowest BCUT2D eigenvalue weighted by Gasteiger charge is -2.38. The van der Waals surface area contributed by atoms with E-state index < -0.39 is 11.7 Å². The van der Waals surface area contributed by atoms with Crippen molar-refractivity contribution in [2.75, 3.05) is 26.2 Å². The Morgan fingerprint density at radius 1 is 0.962 bits per heavy atom. The van der Waals surface area contributed by atoms with Gasteiger partial charge in [-0.25, -0.2) is 0 Å². The number of rotatable bonds is 3. The summed E-state index contributed by atoms with van der Waals surface area (Å²) in [5, 5.41) is 0. The van der Waals surface area contributed by atoms with Crippen molar-refractivity contribution < 1.29 is 18.0 Å². The zero-order valence-electron chi connectivity index (χ0n) is 14.8. The van der Waals surface area contributed by atoms with Crippen molar-refractivity contribution in [3.8, 4) is 0 Å². The molecule has 142 valence electrons. The molecule has 4 rings (SSSR count). The van der Waals surface area contributed by atoms with Crippen LogP contribution in [0.15, 0.2) is 24.3 Å². The molecule has 3 nitrogen and oxygen atoms in total. The first kappa shape index (κ1) is 17.8. The van der Waals surface area contributed by atoms with E-state index in [-0.39, 0.29) is 17.7 Å². The molecule has 0 N–H and O–H groups in total. The minimum absolute atomic E-state index is 0.0511. The van der Waals surface area contributed by atoms with Crippen molar-refractivity contribution in [3.63, 3.8) is 0 Å². The lowest BCUT2D eigenvalue weighted by molar-refractivity contribution is -0.137. The van der Waals surface area contributed by atoms with Gasteiger partial charge in [0.15, 0.2) is 0 Å². The number of halogens is 3. The second-order valence-electron chi connectivity index (χ2n) is 7.87. The molecule has 0 aromatic heterocycles. The zero-order chi connectivity index (χ0) is 18.3. The molecule has 1 aromatic carbocycles. The number of hydrogen-bond donors (Lipinski definition) is 0. The minimum Gasteiger partial charge on any atom is -0.340 e. The molecule has 1 heterocycles. The summed E-state index contributed by atoms with van der Waals surface area (Å²) in [7, 11) is 0. The Morgan fingerprint density at radius 2 is 1.58 bits per heavy atom. The second kappa shape index (κ2) is 6.87. The number of carbonyl (C=O) groups excluding carboxylic acids is 1. The van der Waals surface area contributed by atoms with Crippen LogP contribution in [0.4, 0.5) is 13.2 Å². The average Bonchev–Trinajstić information content (AvgIpc) is 3.25. The van der Waals surface area contributed by atoms with Crippen molar-refractivity contribution in [3.05, 3.63) is 35.4 Å². The van der Waals surface area contributed by atoms with Gasteiger partial charge in [-0.3, -0.25) is 9.69 Å². The van der Waals surface area contributed by atoms with Gasteiger partial charge in [0.25, 0.3) is 0 Å². The first-order valence-corrected chi connectivity index (χ1v) is 9.63. The van der Waals surface area contributed by atoms with E-state index in [0.29, 0.717) is 6.04 Å². The third-order valence-corrected chi connectivity index (χ3v) is 6.24. The normalized spacial score (nSPS) is 27.7. The van der Waals surface area contributed by atoms with Gasteiger partial charge < -0.3 is 4.90 Å². The number of nitrogens with zero attached hydrogens (tertiary/aromatic N) is 2. The Labute approximate surface area is 152 Å². The van der Waals surface area contributed by atoms with Crippen LogP contribution in [0.2, 0.25) is 0 Å². The number of piperazine rings is 1. The molecule has 2 aliphatic carbocycles. The summed E-state index contributed by atoms with van der Waals surface area (Å²) in [6.45, 7) is 3.47. The molecule has 1 saturated heterocycles. The summed E-state index contributed by atoms with van der Waals surface area (Å²) in [5.41, 5.74) is 0.216. The highest BCUT2D eigenvalue weighted by Crippen LogP contribution is 2.49. The average molecular weight is 366 g/mol. The molecule has 2 unspecified atom stereocenters. The lowest BCUT2D eigenvalue weighted by Crippen LogP contribution is -2.51. The molecular formula is C20H25F3N2O. The third-order valence-electron chi connectivity index (χ3n) is 6.24. The monoisotopic (exact) mass is 366 g/mol. The minimum atomic E-state index is -4.31. The molecular weight excluding hydrogens is 341 g/mol. The van der Waals surface area contributed by atoms with Crippen molar-refractivity contribution in [2.24, 2.45) is 5.92 Å². The van der Waals surface area contributed by atoms with E-state index >= 15 is 0 Å². The molecule has 1 aliphatic heterocycles. The summed E-state index contributed by atoms with van der Waals surface area (Å²) in [4.78, 5) is 17.2. The van der Waals surface area contributed by atoms with Crippen LogP contribution < -0.4 is 0 Å². The Bertz CT molecular complexity index is 644. The van der Waals surface area contributed by atoms with Gasteiger partial charge in [0.05, 0.1) is 5.56 Å². The van der Waals surface area contributed by atoms with Gasteiger partial charge in [-0.15, -0.1) is 0 Å². The highest BCUT2D eigenvalue weighted by molar-refractivity contribution is 5.83. The van der Waals surface area contributed by atoms with Crippen LogP contribution >= 0.6 is 0 Å². The Morgan fingerprint density at radius 3 is 2.15 bits per heavy atom. The van der Waals surface area contributed by atoms with E-state index in [2.05, 4.69) is 4.90 Å². The van der Waals surface area contributed by atoms with Crippen LogP contribution in [0.1, 0.15) is 49.1 Å². The van der Waals surface area contributed by atoms with Crippen LogP contribution in [0, 0.1) is 5.92 Å². The van der Waals surface area contributed by atoms with Gasteiger partial charge in [-0.1, -0.05) is 25.0 Å². The second-order valence-corrected chi connectivity index (χ2v) is 7.87. The van der Waals surface area contributed by atoms with Crippen LogP contribution in [-0.2, 0) is 11.0 Å². The number of alkyl halides is 3. The third kappa shape index (κ3) is 3.61. The predicted molar refractivity (Wildman–Crippen MR) is 92.7 cm³/mol. The number of benzene rings is 1. The number of hydrogen-bond acceptors (Lipinski definition) is 2. The molecule has 0 radical (unpaired) electrons. The SMILES string of the molecule is O=C(C1CC1c1ccc(C(F)(F)F)cc1)N1CCN(C2CCCC2)CC1. The van der Waals surface area contributed by atoms with Gasteiger partial charge in [-0.05, 0) is 42.9 Å². The maximum absolute atomic E-state index is 12.7. The van der Waals surface area contributed by atoms with Crippen LogP contribution in [0.3, 0.4) is 0 Å². The summed E-state index contributed by atoms with van der Waals surface area (Å²) in [6.07, 6.45) is 1.66.